The Hall–Kier alpha value is -0.0800. The monoisotopic (exact) mass is 141 g/mol. The van der Waals surface area contributed by atoms with Crippen LogP contribution in [0.5, 0.6) is 0 Å². The molecule has 2 nitrogen and oxygen atoms in total. The van der Waals surface area contributed by atoms with Crippen molar-refractivity contribution in [3.05, 3.63) is 6.42 Å². The Morgan fingerprint density at radius 2 is 2.30 bits per heavy atom. The van der Waals surface area contributed by atoms with Gasteiger partial charge >= 0.3 is 0 Å². The Morgan fingerprint density at radius 1 is 1.50 bits per heavy atom. The maximum absolute atomic E-state index is 5.52. The predicted octanol–water partition coefficient (Wildman–Crippen LogP) is 1.02. The number of hydrogen-bond donors (Lipinski definition) is 0. The molecule has 0 aromatic rings. The average Bonchev–Trinajstić information content (AvgIpc) is 2.33. The standard InChI is InChI=1S/C8H13O2/c1-8(5-9-6-8)7-3-2-4-10-7/h3,7H,2,4-6H2,1H3. The Bertz CT molecular complexity index is 123. The summed E-state index contributed by atoms with van der Waals surface area (Å²) in [5.41, 5.74) is 0.302. The summed E-state index contributed by atoms with van der Waals surface area (Å²) in [5.74, 6) is 0. The molecular weight excluding hydrogens is 128 g/mol. The van der Waals surface area contributed by atoms with Crippen molar-refractivity contribution in [3.63, 3.8) is 0 Å². The van der Waals surface area contributed by atoms with Gasteiger partial charge in [0.05, 0.1) is 19.3 Å². The van der Waals surface area contributed by atoms with E-state index in [1.807, 2.05) is 0 Å². The molecule has 2 rings (SSSR count). The maximum Gasteiger partial charge on any atom is 0.0705 e. The molecule has 0 aliphatic carbocycles. The van der Waals surface area contributed by atoms with Gasteiger partial charge in [0.25, 0.3) is 0 Å². The average molecular weight is 141 g/mol. The molecule has 0 saturated carbocycles. The SMILES string of the molecule is CC1(C2[CH]CCO2)COC1. The van der Waals surface area contributed by atoms with Crippen molar-refractivity contribution in [2.45, 2.75) is 19.4 Å². The summed E-state index contributed by atoms with van der Waals surface area (Å²) in [7, 11) is 0. The second kappa shape index (κ2) is 2.21. The fraction of sp³-hybridized carbons (Fsp3) is 0.875. The first-order valence-corrected chi connectivity index (χ1v) is 3.84. The van der Waals surface area contributed by atoms with Crippen LogP contribution in [0.1, 0.15) is 13.3 Å². The topological polar surface area (TPSA) is 18.5 Å². The number of rotatable bonds is 1. The van der Waals surface area contributed by atoms with Crippen LogP contribution < -0.4 is 0 Å². The third-order valence-corrected chi connectivity index (χ3v) is 2.35. The molecule has 57 valence electrons. The Kier molecular flexibility index (Phi) is 1.46. The molecule has 2 fully saturated rings. The molecule has 0 bridgehead atoms. The van der Waals surface area contributed by atoms with Crippen LogP contribution in [0.15, 0.2) is 0 Å². The van der Waals surface area contributed by atoms with E-state index in [0.717, 1.165) is 26.2 Å². The van der Waals surface area contributed by atoms with Gasteiger partial charge in [0.15, 0.2) is 0 Å². The molecule has 10 heavy (non-hydrogen) atoms. The Labute approximate surface area is 61.5 Å². The molecule has 2 aliphatic heterocycles. The van der Waals surface area contributed by atoms with E-state index in [9.17, 15) is 0 Å². The molecule has 1 unspecified atom stereocenters. The van der Waals surface area contributed by atoms with Crippen LogP contribution in [0.3, 0.4) is 0 Å². The van der Waals surface area contributed by atoms with E-state index in [2.05, 4.69) is 13.3 Å². The van der Waals surface area contributed by atoms with Crippen LogP contribution in [-0.2, 0) is 9.47 Å². The van der Waals surface area contributed by atoms with Gasteiger partial charge in [-0.2, -0.15) is 0 Å². The molecule has 2 saturated heterocycles. The van der Waals surface area contributed by atoms with Crippen LogP contribution in [0.25, 0.3) is 0 Å². The minimum absolute atomic E-state index is 0.302. The highest BCUT2D eigenvalue weighted by Gasteiger charge is 2.43. The smallest absolute Gasteiger partial charge is 0.0705 e. The van der Waals surface area contributed by atoms with Gasteiger partial charge in [-0.1, -0.05) is 6.92 Å². The lowest BCUT2D eigenvalue weighted by Gasteiger charge is -2.42. The summed E-state index contributed by atoms with van der Waals surface area (Å²) in [6.07, 6.45) is 3.74. The molecule has 0 aromatic carbocycles. The molecule has 1 radical (unpaired) electrons. The van der Waals surface area contributed by atoms with Crippen LogP contribution in [0, 0.1) is 11.8 Å². The highest BCUT2D eigenvalue weighted by atomic mass is 16.5. The molecule has 0 aromatic heterocycles. The quantitative estimate of drug-likeness (QED) is 0.542. The predicted molar refractivity (Wildman–Crippen MR) is 37.6 cm³/mol. The Balaban J connectivity index is 1.96. The van der Waals surface area contributed by atoms with E-state index in [-0.39, 0.29) is 0 Å². The molecule has 0 N–H and O–H groups in total. The maximum atomic E-state index is 5.52. The van der Waals surface area contributed by atoms with Gasteiger partial charge in [-0.15, -0.1) is 0 Å². The fourth-order valence-electron chi connectivity index (χ4n) is 1.56. The van der Waals surface area contributed by atoms with Crippen molar-refractivity contribution in [2.75, 3.05) is 19.8 Å². The molecule has 2 heterocycles. The summed E-state index contributed by atoms with van der Waals surface area (Å²) >= 11 is 0. The zero-order chi connectivity index (χ0) is 7.03. The fourth-order valence-corrected chi connectivity index (χ4v) is 1.56. The van der Waals surface area contributed by atoms with Crippen molar-refractivity contribution in [1.82, 2.24) is 0 Å². The van der Waals surface area contributed by atoms with Crippen LogP contribution in [0.4, 0.5) is 0 Å². The third kappa shape index (κ3) is 0.867. The van der Waals surface area contributed by atoms with Gasteiger partial charge in [-0.25, -0.2) is 0 Å². The van der Waals surface area contributed by atoms with E-state index in [0.29, 0.717) is 11.5 Å². The van der Waals surface area contributed by atoms with Gasteiger partial charge in [-0.05, 0) is 12.8 Å². The van der Waals surface area contributed by atoms with Crippen molar-refractivity contribution in [2.24, 2.45) is 5.41 Å². The molecule has 1 atom stereocenters. The van der Waals surface area contributed by atoms with Crippen LogP contribution in [-0.4, -0.2) is 25.9 Å². The van der Waals surface area contributed by atoms with Gasteiger partial charge < -0.3 is 9.47 Å². The number of hydrogen-bond acceptors (Lipinski definition) is 2. The van der Waals surface area contributed by atoms with E-state index >= 15 is 0 Å². The van der Waals surface area contributed by atoms with E-state index in [1.54, 1.807) is 0 Å². The van der Waals surface area contributed by atoms with Gasteiger partial charge in [0.1, 0.15) is 0 Å². The second-order valence-corrected chi connectivity index (χ2v) is 3.46. The van der Waals surface area contributed by atoms with Gasteiger partial charge in [-0.3, -0.25) is 0 Å². The van der Waals surface area contributed by atoms with Crippen LogP contribution >= 0.6 is 0 Å². The van der Waals surface area contributed by atoms with Crippen molar-refractivity contribution in [3.8, 4) is 0 Å². The van der Waals surface area contributed by atoms with Crippen molar-refractivity contribution >= 4 is 0 Å². The van der Waals surface area contributed by atoms with Crippen LogP contribution in [0.2, 0.25) is 0 Å². The van der Waals surface area contributed by atoms with E-state index in [4.69, 9.17) is 9.47 Å². The minimum atomic E-state index is 0.302. The zero-order valence-corrected chi connectivity index (χ0v) is 6.30. The lowest BCUT2D eigenvalue weighted by atomic mass is 9.81. The molecule has 0 amide bonds. The lowest BCUT2D eigenvalue weighted by Crippen LogP contribution is -2.48. The first-order valence-electron chi connectivity index (χ1n) is 3.84. The second-order valence-electron chi connectivity index (χ2n) is 3.46. The molecule has 0 spiro atoms. The summed E-state index contributed by atoms with van der Waals surface area (Å²) in [5, 5.41) is 0. The van der Waals surface area contributed by atoms with E-state index < -0.39 is 0 Å². The van der Waals surface area contributed by atoms with Crippen molar-refractivity contribution < 1.29 is 9.47 Å². The molecular formula is C8H13O2. The van der Waals surface area contributed by atoms with Gasteiger partial charge in [0, 0.05) is 12.0 Å². The van der Waals surface area contributed by atoms with Crippen molar-refractivity contribution in [1.29, 1.82) is 0 Å². The molecule has 2 heteroatoms. The summed E-state index contributed by atoms with van der Waals surface area (Å²) in [6, 6.07) is 0. The number of ether oxygens (including phenoxy) is 2. The van der Waals surface area contributed by atoms with Gasteiger partial charge in [0.2, 0.25) is 0 Å². The summed E-state index contributed by atoms with van der Waals surface area (Å²) < 4.78 is 10.7. The first-order chi connectivity index (χ1) is 4.81. The summed E-state index contributed by atoms with van der Waals surface area (Å²) in [4.78, 5) is 0. The molecule has 2 aliphatic rings. The normalized spacial score (nSPS) is 37.5. The lowest BCUT2D eigenvalue weighted by molar-refractivity contribution is -0.156. The first kappa shape index (κ1) is 6.62. The van der Waals surface area contributed by atoms with E-state index in [1.165, 1.54) is 0 Å². The minimum Gasteiger partial charge on any atom is -0.380 e. The highest BCUT2D eigenvalue weighted by molar-refractivity contribution is 4.98. The largest absolute Gasteiger partial charge is 0.380 e. The zero-order valence-electron chi connectivity index (χ0n) is 6.30. The summed E-state index contributed by atoms with van der Waals surface area (Å²) in [6.45, 7) is 4.87. The highest BCUT2D eigenvalue weighted by Crippen LogP contribution is 2.36. The third-order valence-electron chi connectivity index (χ3n) is 2.35. The Morgan fingerprint density at radius 3 is 2.70 bits per heavy atom.